The van der Waals surface area contributed by atoms with E-state index in [1.165, 1.54) is 0 Å². The highest BCUT2D eigenvalue weighted by Gasteiger charge is 2.23. The van der Waals surface area contributed by atoms with Crippen molar-refractivity contribution in [3.63, 3.8) is 0 Å². The summed E-state index contributed by atoms with van der Waals surface area (Å²) in [5.41, 5.74) is 2.13. The summed E-state index contributed by atoms with van der Waals surface area (Å²) in [4.78, 5) is 11.5. The number of aryl methyl sites for hydroxylation is 1. The molecular formula is C24H29ClFN5. The Balaban J connectivity index is 1.36. The van der Waals surface area contributed by atoms with Crippen LogP contribution in [0.3, 0.4) is 0 Å². The first-order valence-electron chi connectivity index (χ1n) is 10.8. The molecule has 5 nitrogen and oxygen atoms in total. The summed E-state index contributed by atoms with van der Waals surface area (Å²) in [6.45, 7) is 2.22. The molecule has 0 saturated heterocycles. The third-order valence-corrected chi connectivity index (χ3v) is 6.37. The van der Waals surface area contributed by atoms with Crippen LogP contribution in [0.4, 0.5) is 16.2 Å². The zero-order valence-corrected chi connectivity index (χ0v) is 19.0. The van der Waals surface area contributed by atoms with Crippen molar-refractivity contribution in [1.29, 1.82) is 0 Å². The Hall–Kier alpha value is -2.44. The maximum absolute atomic E-state index is 14.4. The third kappa shape index (κ3) is 4.91. The van der Waals surface area contributed by atoms with Gasteiger partial charge in [-0.15, -0.1) is 0 Å². The fraction of sp³-hybridized carbons (Fsp3) is 0.417. The van der Waals surface area contributed by atoms with Crippen LogP contribution in [0.15, 0.2) is 36.4 Å². The van der Waals surface area contributed by atoms with Crippen LogP contribution in [0.1, 0.15) is 36.8 Å². The fourth-order valence-electron chi connectivity index (χ4n) is 4.21. The van der Waals surface area contributed by atoms with Crippen molar-refractivity contribution in [3.05, 3.63) is 58.4 Å². The van der Waals surface area contributed by atoms with Gasteiger partial charge in [-0.3, -0.25) is 0 Å². The quantitative estimate of drug-likeness (QED) is 0.543. The predicted molar refractivity (Wildman–Crippen MR) is 127 cm³/mol. The van der Waals surface area contributed by atoms with E-state index in [1.807, 2.05) is 37.2 Å². The van der Waals surface area contributed by atoms with Crippen molar-refractivity contribution in [2.75, 3.05) is 24.3 Å². The van der Waals surface area contributed by atoms with Gasteiger partial charge in [-0.1, -0.05) is 29.8 Å². The smallest absolute Gasteiger partial charge is 0.225 e. The minimum atomic E-state index is -0.208. The van der Waals surface area contributed by atoms with Crippen molar-refractivity contribution >= 4 is 34.3 Å². The second-order valence-electron chi connectivity index (χ2n) is 8.51. The Morgan fingerprint density at radius 3 is 2.48 bits per heavy atom. The summed E-state index contributed by atoms with van der Waals surface area (Å²) in [7, 11) is 4.00. The molecule has 1 saturated carbocycles. The Kier molecular flexibility index (Phi) is 6.58. The minimum absolute atomic E-state index is 0.208. The van der Waals surface area contributed by atoms with Gasteiger partial charge in [0.05, 0.1) is 5.52 Å². The Morgan fingerprint density at radius 2 is 1.74 bits per heavy atom. The predicted octanol–water partition coefficient (Wildman–Crippen LogP) is 5.31. The van der Waals surface area contributed by atoms with Crippen LogP contribution in [-0.2, 0) is 6.54 Å². The molecule has 4 rings (SSSR count). The summed E-state index contributed by atoms with van der Waals surface area (Å²) < 4.78 is 14.4. The van der Waals surface area contributed by atoms with Crippen LogP contribution in [-0.4, -0.2) is 36.1 Å². The summed E-state index contributed by atoms with van der Waals surface area (Å²) in [5.74, 6) is 1.38. The Bertz CT molecular complexity index is 1060. The van der Waals surface area contributed by atoms with Crippen molar-refractivity contribution in [2.24, 2.45) is 0 Å². The average Bonchev–Trinajstić information content (AvgIpc) is 2.77. The molecule has 1 heterocycles. The number of halogens is 2. The summed E-state index contributed by atoms with van der Waals surface area (Å²) in [5, 5.41) is 8.55. The topological polar surface area (TPSA) is 53.1 Å². The van der Waals surface area contributed by atoms with Gasteiger partial charge in [-0.05, 0) is 56.4 Å². The number of nitrogens with one attached hydrogen (secondary N) is 2. The lowest BCUT2D eigenvalue weighted by atomic mass is 9.91. The van der Waals surface area contributed by atoms with Crippen molar-refractivity contribution in [1.82, 2.24) is 15.3 Å². The Labute approximate surface area is 188 Å². The van der Waals surface area contributed by atoms with E-state index >= 15 is 0 Å². The zero-order chi connectivity index (χ0) is 22.0. The maximum Gasteiger partial charge on any atom is 0.225 e. The van der Waals surface area contributed by atoms with Crippen molar-refractivity contribution in [3.8, 4) is 0 Å². The molecule has 0 spiro atoms. The van der Waals surface area contributed by atoms with E-state index in [4.69, 9.17) is 21.6 Å². The van der Waals surface area contributed by atoms with E-state index in [0.29, 0.717) is 40.7 Å². The SMILES string of the molecule is Cc1ccc(Cl)c(CN[C@H]2CC[C@@H](Nc3nc(N(C)C)c4ccccc4n3)CC2)c1F. The van der Waals surface area contributed by atoms with Crippen LogP contribution < -0.4 is 15.5 Å². The second kappa shape index (κ2) is 9.37. The lowest BCUT2D eigenvalue weighted by molar-refractivity contribution is 0.350. The van der Waals surface area contributed by atoms with E-state index in [2.05, 4.69) is 16.7 Å². The Morgan fingerprint density at radius 1 is 1.03 bits per heavy atom. The molecule has 0 amide bonds. The largest absolute Gasteiger partial charge is 0.362 e. The van der Waals surface area contributed by atoms with Gasteiger partial charge in [0.15, 0.2) is 0 Å². The van der Waals surface area contributed by atoms with Gasteiger partial charge >= 0.3 is 0 Å². The number of fused-ring (bicyclic) bond motifs is 1. The van der Waals surface area contributed by atoms with Gasteiger partial charge in [0, 0.05) is 48.7 Å². The van der Waals surface area contributed by atoms with E-state index in [1.54, 1.807) is 19.1 Å². The molecule has 0 bridgehead atoms. The van der Waals surface area contributed by atoms with E-state index < -0.39 is 0 Å². The molecule has 0 atom stereocenters. The molecule has 0 unspecified atom stereocenters. The average molecular weight is 442 g/mol. The number of hydrogen-bond donors (Lipinski definition) is 2. The van der Waals surface area contributed by atoms with E-state index in [0.717, 1.165) is 42.4 Å². The van der Waals surface area contributed by atoms with Crippen LogP contribution >= 0.6 is 11.6 Å². The second-order valence-corrected chi connectivity index (χ2v) is 8.92. The number of rotatable bonds is 6. The van der Waals surface area contributed by atoms with Gasteiger partial charge < -0.3 is 15.5 Å². The van der Waals surface area contributed by atoms with Gasteiger partial charge in [0.25, 0.3) is 0 Å². The fourth-order valence-corrected chi connectivity index (χ4v) is 4.43. The number of hydrogen-bond acceptors (Lipinski definition) is 5. The van der Waals surface area contributed by atoms with Gasteiger partial charge in [0.1, 0.15) is 11.6 Å². The van der Waals surface area contributed by atoms with Crippen LogP contribution in [0.25, 0.3) is 10.9 Å². The highest BCUT2D eigenvalue weighted by atomic mass is 35.5. The molecule has 31 heavy (non-hydrogen) atoms. The first-order chi connectivity index (χ1) is 14.9. The minimum Gasteiger partial charge on any atom is -0.362 e. The number of nitrogens with zero attached hydrogens (tertiary/aromatic N) is 3. The molecular weight excluding hydrogens is 413 g/mol. The highest BCUT2D eigenvalue weighted by molar-refractivity contribution is 6.31. The molecule has 2 N–H and O–H groups in total. The van der Waals surface area contributed by atoms with Crippen LogP contribution in [0, 0.1) is 12.7 Å². The first-order valence-corrected chi connectivity index (χ1v) is 11.2. The standard InChI is InChI=1S/C24H29ClFN5/c1-15-8-13-20(25)19(22(15)26)14-27-16-9-11-17(12-10-16)28-24-29-21-7-5-4-6-18(21)23(30-24)31(2)3/h4-8,13,16-17,27H,9-12,14H2,1-3H3,(H,28,29,30)/t16-,17+. The molecule has 0 aliphatic heterocycles. The van der Waals surface area contributed by atoms with Gasteiger partial charge in [-0.25, -0.2) is 9.37 Å². The third-order valence-electron chi connectivity index (χ3n) is 6.01. The molecule has 1 aromatic heterocycles. The van der Waals surface area contributed by atoms with Crippen LogP contribution in [0.2, 0.25) is 5.02 Å². The van der Waals surface area contributed by atoms with Gasteiger partial charge in [0.2, 0.25) is 5.95 Å². The highest BCUT2D eigenvalue weighted by Crippen LogP contribution is 2.27. The molecule has 7 heteroatoms. The number of anilines is 2. The summed E-state index contributed by atoms with van der Waals surface area (Å²) in [6, 6.07) is 12.2. The van der Waals surface area contributed by atoms with E-state index in [9.17, 15) is 4.39 Å². The molecule has 0 radical (unpaired) electrons. The lowest BCUT2D eigenvalue weighted by Crippen LogP contribution is -2.37. The first kappa shape index (κ1) is 21.8. The molecule has 164 valence electrons. The zero-order valence-electron chi connectivity index (χ0n) is 18.3. The molecule has 3 aromatic rings. The number of para-hydroxylation sites is 1. The van der Waals surface area contributed by atoms with E-state index in [-0.39, 0.29) is 5.82 Å². The number of aromatic nitrogens is 2. The normalized spacial score (nSPS) is 18.9. The van der Waals surface area contributed by atoms with Crippen molar-refractivity contribution < 1.29 is 4.39 Å². The van der Waals surface area contributed by atoms with Crippen LogP contribution in [0.5, 0.6) is 0 Å². The monoisotopic (exact) mass is 441 g/mol. The van der Waals surface area contributed by atoms with Crippen molar-refractivity contribution in [2.45, 2.75) is 51.2 Å². The molecule has 1 fully saturated rings. The lowest BCUT2D eigenvalue weighted by Gasteiger charge is -2.30. The summed E-state index contributed by atoms with van der Waals surface area (Å²) in [6.07, 6.45) is 4.04. The maximum atomic E-state index is 14.4. The summed E-state index contributed by atoms with van der Waals surface area (Å²) >= 11 is 6.20. The van der Waals surface area contributed by atoms with Gasteiger partial charge in [-0.2, -0.15) is 4.98 Å². The number of benzene rings is 2. The molecule has 1 aliphatic rings. The molecule has 1 aliphatic carbocycles. The molecule has 2 aromatic carbocycles.